The van der Waals surface area contributed by atoms with Gasteiger partial charge in [-0.1, -0.05) is 31.2 Å². The molecule has 0 aliphatic heterocycles. The highest BCUT2D eigenvalue weighted by Crippen LogP contribution is 2.12. The predicted octanol–water partition coefficient (Wildman–Crippen LogP) is 2.51. The summed E-state index contributed by atoms with van der Waals surface area (Å²) in [7, 11) is -3.05. The maximum atomic E-state index is 11.5. The summed E-state index contributed by atoms with van der Waals surface area (Å²) in [5, 5.41) is 0. The monoisotopic (exact) mass is 210 g/mol. The molecule has 0 aliphatic rings. The molecule has 0 aromatic heterocycles. The molecule has 14 heavy (non-hydrogen) atoms. The molecule has 1 aromatic rings. The van der Waals surface area contributed by atoms with Gasteiger partial charge in [0.1, 0.15) is 0 Å². The standard InChI is InChI=1S/C11H14O2S/c1-3-5-10-6-8-11(9-7-10)14(12,13)4-2/h3,5-9H,4H2,1-2H3/b5-3-. The third kappa shape index (κ3) is 2.45. The van der Waals surface area contributed by atoms with Gasteiger partial charge in [0, 0.05) is 0 Å². The highest BCUT2D eigenvalue weighted by atomic mass is 32.2. The smallest absolute Gasteiger partial charge is 0.178 e. The van der Waals surface area contributed by atoms with Gasteiger partial charge in [-0.3, -0.25) is 0 Å². The second-order valence-corrected chi connectivity index (χ2v) is 5.25. The Morgan fingerprint density at radius 2 is 1.79 bits per heavy atom. The molecule has 0 atom stereocenters. The van der Waals surface area contributed by atoms with Crippen LogP contribution in [0.3, 0.4) is 0 Å². The molecule has 0 spiro atoms. The summed E-state index contributed by atoms with van der Waals surface area (Å²) in [6, 6.07) is 6.91. The second kappa shape index (κ2) is 4.42. The second-order valence-electron chi connectivity index (χ2n) is 2.97. The number of hydrogen-bond donors (Lipinski definition) is 0. The maximum Gasteiger partial charge on any atom is 0.178 e. The Labute approximate surface area is 85.2 Å². The molecular weight excluding hydrogens is 196 g/mol. The zero-order chi connectivity index (χ0) is 10.6. The number of rotatable bonds is 3. The third-order valence-electron chi connectivity index (χ3n) is 1.98. The molecule has 1 rings (SSSR count). The summed E-state index contributed by atoms with van der Waals surface area (Å²) in [5.41, 5.74) is 1.02. The van der Waals surface area contributed by atoms with Crippen molar-refractivity contribution in [2.75, 3.05) is 5.75 Å². The van der Waals surface area contributed by atoms with Gasteiger partial charge in [-0.05, 0) is 24.6 Å². The Bertz CT molecular complexity index is 413. The van der Waals surface area contributed by atoms with Gasteiger partial charge in [0.05, 0.1) is 10.6 Å². The Balaban J connectivity index is 3.06. The van der Waals surface area contributed by atoms with Gasteiger partial charge in [0.2, 0.25) is 0 Å². The molecule has 0 radical (unpaired) electrons. The first-order valence-corrected chi connectivity index (χ1v) is 6.21. The minimum atomic E-state index is -3.05. The number of benzene rings is 1. The van der Waals surface area contributed by atoms with Crippen molar-refractivity contribution in [1.82, 2.24) is 0 Å². The molecule has 2 nitrogen and oxygen atoms in total. The van der Waals surface area contributed by atoms with Crippen LogP contribution in [0.25, 0.3) is 6.08 Å². The zero-order valence-corrected chi connectivity index (χ0v) is 9.21. The fourth-order valence-electron chi connectivity index (χ4n) is 1.15. The lowest BCUT2D eigenvalue weighted by atomic mass is 10.2. The lowest BCUT2D eigenvalue weighted by molar-refractivity contribution is 0.597. The van der Waals surface area contributed by atoms with Gasteiger partial charge in [-0.2, -0.15) is 0 Å². The van der Waals surface area contributed by atoms with Gasteiger partial charge in [0.25, 0.3) is 0 Å². The zero-order valence-electron chi connectivity index (χ0n) is 8.40. The molecule has 0 amide bonds. The van der Waals surface area contributed by atoms with Gasteiger partial charge in [-0.25, -0.2) is 8.42 Å². The number of sulfone groups is 1. The first kappa shape index (κ1) is 11.0. The number of hydrogen-bond acceptors (Lipinski definition) is 2. The topological polar surface area (TPSA) is 34.1 Å². The summed E-state index contributed by atoms with van der Waals surface area (Å²) in [6.07, 6.45) is 3.85. The SMILES string of the molecule is C/C=C\c1ccc(S(=O)(=O)CC)cc1. The van der Waals surface area contributed by atoms with E-state index in [9.17, 15) is 8.42 Å². The fraction of sp³-hybridized carbons (Fsp3) is 0.273. The quantitative estimate of drug-likeness (QED) is 0.768. The van der Waals surface area contributed by atoms with Gasteiger partial charge in [-0.15, -0.1) is 0 Å². The van der Waals surface area contributed by atoms with E-state index in [4.69, 9.17) is 0 Å². The molecule has 0 aliphatic carbocycles. The minimum absolute atomic E-state index is 0.149. The fourth-order valence-corrected chi connectivity index (χ4v) is 2.03. The average molecular weight is 210 g/mol. The van der Waals surface area contributed by atoms with Crippen LogP contribution in [0.5, 0.6) is 0 Å². The summed E-state index contributed by atoms with van der Waals surface area (Å²) in [4.78, 5) is 0.397. The summed E-state index contributed by atoms with van der Waals surface area (Å²) in [6.45, 7) is 3.58. The molecule has 0 saturated heterocycles. The van der Waals surface area contributed by atoms with Crippen LogP contribution in [-0.4, -0.2) is 14.2 Å². The average Bonchev–Trinajstić information content (AvgIpc) is 2.19. The Kier molecular flexibility index (Phi) is 3.47. The van der Waals surface area contributed by atoms with Crippen LogP contribution in [0.15, 0.2) is 35.2 Å². The summed E-state index contributed by atoms with van der Waals surface area (Å²) >= 11 is 0. The lowest BCUT2D eigenvalue weighted by Gasteiger charge is -2.00. The Hall–Kier alpha value is -1.09. The molecule has 1 aromatic carbocycles. The Morgan fingerprint density at radius 3 is 2.21 bits per heavy atom. The highest BCUT2D eigenvalue weighted by Gasteiger charge is 2.09. The number of allylic oxidation sites excluding steroid dienone is 1. The van der Waals surface area contributed by atoms with Crippen molar-refractivity contribution in [3.63, 3.8) is 0 Å². The van der Waals surface area contributed by atoms with E-state index < -0.39 is 9.84 Å². The molecule has 0 saturated carbocycles. The first-order chi connectivity index (χ1) is 6.60. The van der Waals surface area contributed by atoms with E-state index in [1.165, 1.54) is 0 Å². The minimum Gasteiger partial charge on any atom is -0.224 e. The van der Waals surface area contributed by atoms with Gasteiger partial charge >= 0.3 is 0 Å². The van der Waals surface area contributed by atoms with E-state index >= 15 is 0 Å². The van der Waals surface area contributed by atoms with Crippen molar-refractivity contribution in [3.8, 4) is 0 Å². The molecular formula is C11H14O2S. The van der Waals surface area contributed by atoms with Crippen molar-refractivity contribution in [3.05, 3.63) is 35.9 Å². The predicted molar refractivity (Wildman–Crippen MR) is 58.9 cm³/mol. The highest BCUT2D eigenvalue weighted by molar-refractivity contribution is 7.91. The van der Waals surface area contributed by atoms with Gasteiger partial charge in [0.15, 0.2) is 9.84 Å². The van der Waals surface area contributed by atoms with Crippen LogP contribution < -0.4 is 0 Å². The van der Waals surface area contributed by atoms with E-state index in [1.54, 1.807) is 19.1 Å². The normalized spacial score (nSPS) is 12.1. The summed E-state index contributed by atoms with van der Waals surface area (Å²) in [5.74, 6) is 0.149. The van der Waals surface area contributed by atoms with E-state index in [0.29, 0.717) is 4.90 Å². The molecule has 0 N–H and O–H groups in total. The molecule has 0 unspecified atom stereocenters. The first-order valence-electron chi connectivity index (χ1n) is 4.55. The van der Waals surface area contributed by atoms with Crippen LogP contribution in [0.4, 0.5) is 0 Å². The van der Waals surface area contributed by atoms with E-state index in [2.05, 4.69) is 0 Å². The maximum absolute atomic E-state index is 11.5. The van der Waals surface area contributed by atoms with Crippen LogP contribution in [0, 0.1) is 0 Å². The van der Waals surface area contributed by atoms with Crippen molar-refractivity contribution in [2.24, 2.45) is 0 Å². The molecule has 3 heteroatoms. The molecule has 0 heterocycles. The van der Waals surface area contributed by atoms with Crippen LogP contribution in [-0.2, 0) is 9.84 Å². The van der Waals surface area contributed by atoms with Crippen molar-refractivity contribution in [2.45, 2.75) is 18.7 Å². The third-order valence-corrected chi connectivity index (χ3v) is 3.73. The van der Waals surface area contributed by atoms with E-state index in [-0.39, 0.29) is 5.75 Å². The van der Waals surface area contributed by atoms with Crippen LogP contribution >= 0.6 is 0 Å². The Morgan fingerprint density at radius 1 is 1.21 bits per heavy atom. The van der Waals surface area contributed by atoms with Crippen molar-refractivity contribution < 1.29 is 8.42 Å². The largest absolute Gasteiger partial charge is 0.224 e. The molecule has 0 bridgehead atoms. The molecule has 76 valence electrons. The van der Waals surface area contributed by atoms with Crippen LogP contribution in [0.1, 0.15) is 19.4 Å². The van der Waals surface area contributed by atoms with Crippen molar-refractivity contribution >= 4 is 15.9 Å². The molecule has 0 fully saturated rings. The summed E-state index contributed by atoms with van der Waals surface area (Å²) < 4.78 is 22.9. The van der Waals surface area contributed by atoms with E-state index in [1.807, 2.05) is 31.2 Å². The van der Waals surface area contributed by atoms with Gasteiger partial charge < -0.3 is 0 Å². The van der Waals surface area contributed by atoms with Crippen LogP contribution in [0.2, 0.25) is 0 Å². The van der Waals surface area contributed by atoms with Crippen molar-refractivity contribution in [1.29, 1.82) is 0 Å². The lowest BCUT2D eigenvalue weighted by Crippen LogP contribution is -2.02. The van der Waals surface area contributed by atoms with E-state index in [0.717, 1.165) is 5.56 Å².